The van der Waals surface area contributed by atoms with E-state index in [1.807, 2.05) is 0 Å². The van der Waals surface area contributed by atoms with Crippen molar-refractivity contribution in [2.75, 3.05) is 0 Å². The summed E-state index contributed by atoms with van der Waals surface area (Å²) >= 11 is 0. The highest BCUT2D eigenvalue weighted by molar-refractivity contribution is 7.27. The van der Waals surface area contributed by atoms with E-state index in [2.05, 4.69) is 9.24 Å². The molecule has 0 fully saturated rings. The first-order chi connectivity index (χ1) is 3.80. The smallest absolute Gasteiger partial charge is 0.131 e. The summed E-state index contributed by atoms with van der Waals surface area (Å²) in [5.74, 6) is -0.268. The van der Waals surface area contributed by atoms with E-state index in [1.165, 1.54) is 6.07 Å². The summed E-state index contributed by atoms with van der Waals surface area (Å²) in [7, 11) is 3.82. The van der Waals surface area contributed by atoms with Gasteiger partial charge in [-0.15, -0.1) is 0 Å². The van der Waals surface area contributed by atoms with Gasteiger partial charge in [-0.1, -0.05) is 18.2 Å². The van der Waals surface area contributed by atoms with Gasteiger partial charge in [-0.05, 0) is 15.3 Å². The van der Waals surface area contributed by atoms with Gasteiger partial charge >= 0.3 is 0 Å². The van der Waals surface area contributed by atoms with Crippen LogP contribution in [0, 0.1) is 5.82 Å². The van der Waals surface area contributed by atoms with Crippen molar-refractivity contribution in [1.82, 2.24) is 0 Å². The van der Waals surface area contributed by atoms with Crippen LogP contribution < -0.4 is 5.30 Å². The monoisotopic (exact) mass is 126 g/mol. The van der Waals surface area contributed by atoms with Crippen LogP contribution in [0.2, 0.25) is 0 Å². The van der Waals surface area contributed by atoms with Gasteiger partial charge in [0.2, 0.25) is 0 Å². The van der Waals surface area contributed by atoms with Gasteiger partial charge in [0.1, 0.15) is 5.82 Å². The summed E-state index contributed by atoms with van der Waals surface area (Å²) in [6.45, 7) is 0. The van der Waals surface area contributed by atoms with E-state index >= 15 is 0 Å². The molecule has 0 saturated heterocycles. The van der Waals surface area contributed by atoms with E-state index < -0.39 is 0 Å². The molecule has 0 amide bonds. The van der Waals surface area contributed by atoms with Crippen molar-refractivity contribution in [3.8, 4) is 0 Å². The molecule has 0 N–H and O–H groups in total. The molecule has 0 atom stereocenters. The molecule has 0 aliphatic heterocycles. The van der Waals surface area contributed by atoms with Crippen molar-refractivity contribution >= 4 is 14.5 Å². The third-order valence-electron chi connectivity index (χ3n) is 0.852. The second-order valence-corrected chi connectivity index (χ2v) is 1.93. The molecular formula is C6H4FP. The molecule has 1 rings (SSSR count). The van der Waals surface area contributed by atoms with E-state index in [4.69, 9.17) is 0 Å². The van der Waals surface area contributed by atoms with Crippen LogP contribution in [0.4, 0.5) is 4.39 Å². The van der Waals surface area contributed by atoms with Crippen molar-refractivity contribution in [3.63, 3.8) is 0 Å². The van der Waals surface area contributed by atoms with Crippen molar-refractivity contribution in [3.05, 3.63) is 30.1 Å². The standard InChI is InChI=1S/C6H4FP/c7-5-3-1-2-4-6(5)8/h1-4H. The highest BCUT2D eigenvalue weighted by Crippen LogP contribution is 1.95. The first-order valence-corrected chi connectivity index (χ1v) is 2.69. The van der Waals surface area contributed by atoms with Gasteiger partial charge in [-0.2, -0.15) is 0 Å². The minimum atomic E-state index is -0.268. The van der Waals surface area contributed by atoms with Crippen molar-refractivity contribution in [2.24, 2.45) is 0 Å². The van der Waals surface area contributed by atoms with Gasteiger partial charge in [0.25, 0.3) is 0 Å². The summed E-state index contributed by atoms with van der Waals surface area (Å²) in [6, 6.07) is 6.36. The Morgan fingerprint density at radius 2 is 1.88 bits per heavy atom. The molecule has 1 aromatic carbocycles. The predicted octanol–water partition coefficient (Wildman–Crippen LogP) is 1.86. The second kappa shape index (κ2) is 2.23. The minimum absolute atomic E-state index is 0.268. The molecule has 2 radical (unpaired) electrons. The summed E-state index contributed by atoms with van der Waals surface area (Å²) in [5.41, 5.74) is 0. The van der Waals surface area contributed by atoms with Crippen molar-refractivity contribution < 1.29 is 4.39 Å². The largest absolute Gasteiger partial charge is 0.206 e. The van der Waals surface area contributed by atoms with E-state index in [-0.39, 0.29) is 5.82 Å². The normalized spacial score (nSPS) is 9.25. The van der Waals surface area contributed by atoms with Gasteiger partial charge in [-0.3, -0.25) is 0 Å². The molecule has 0 nitrogen and oxygen atoms in total. The molecule has 0 bridgehead atoms. The van der Waals surface area contributed by atoms with Crippen LogP contribution in [0.25, 0.3) is 0 Å². The highest BCUT2D eigenvalue weighted by atomic mass is 31.0. The third-order valence-corrected chi connectivity index (χ3v) is 1.22. The van der Waals surface area contributed by atoms with Crippen LogP contribution >= 0.6 is 9.24 Å². The maximum Gasteiger partial charge on any atom is 0.131 e. The van der Waals surface area contributed by atoms with Crippen LogP contribution in [-0.2, 0) is 0 Å². The van der Waals surface area contributed by atoms with Gasteiger partial charge in [0.05, 0.1) is 0 Å². The number of hydrogen-bond acceptors (Lipinski definition) is 0. The van der Waals surface area contributed by atoms with E-state index in [0.29, 0.717) is 5.30 Å². The molecule has 0 saturated carbocycles. The Kier molecular flexibility index (Phi) is 1.59. The number of halogens is 1. The molecule has 0 aliphatic carbocycles. The lowest BCUT2D eigenvalue weighted by molar-refractivity contribution is 0.636. The Morgan fingerprint density at radius 1 is 1.25 bits per heavy atom. The van der Waals surface area contributed by atoms with Crippen molar-refractivity contribution in [2.45, 2.75) is 0 Å². The summed E-state index contributed by atoms with van der Waals surface area (Å²) in [5, 5.41) is 0.396. The Balaban J connectivity index is 3.13. The van der Waals surface area contributed by atoms with Crippen LogP contribution in [-0.4, -0.2) is 0 Å². The zero-order valence-corrected chi connectivity index (χ0v) is 5.03. The van der Waals surface area contributed by atoms with Crippen LogP contribution in [0.5, 0.6) is 0 Å². The van der Waals surface area contributed by atoms with Gasteiger partial charge in [0.15, 0.2) is 0 Å². The lowest BCUT2D eigenvalue weighted by Gasteiger charge is -1.88. The Labute approximate surface area is 49.9 Å². The maximum atomic E-state index is 12.2. The fraction of sp³-hybridized carbons (Fsp3) is 0. The fourth-order valence-electron chi connectivity index (χ4n) is 0.452. The molecule has 0 aliphatic rings. The zero-order chi connectivity index (χ0) is 5.98. The molecule has 2 heteroatoms. The minimum Gasteiger partial charge on any atom is -0.206 e. The molecule has 0 unspecified atom stereocenters. The van der Waals surface area contributed by atoms with E-state index in [0.717, 1.165) is 0 Å². The number of hydrogen-bond donors (Lipinski definition) is 0. The predicted molar refractivity (Wildman–Crippen MR) is 33.0 cm³/mol. The van der Waals surface area contributed by atoms with Crippen LogP contribution in [0.3, 0.4) is 0 Å². The molecule has 1 aromatic rings. The Morgan fingerprint density at radius 3 is 2.25 bits per heavy atom. The lowest BCUT2D eigenvalue weighted by atomic mass is 10.3. The fourth-order valence-corrected chi connectivity index (χ4v) is 0.612. The van der Waals surface area contributed by atoms with Crippen LogP contribution in [0.15, 0.2) is 24.3 Å². The number of rotatable bonds is 0. The van der Waals surface area contributed by atoms with Gasteiger partial charge in [-0.25, -0.2) is 4.39 Å². The first kappa shape index (κ1) is 5.71. The molecule has 0 spiro atoms. The van der Waals surface area contributed by atoms with E-state index in [1.54, 1.807) is 18.2 Å². The van der Waals surface area contributed by atoms with Crippen molar-refractivity contribution in [1.29, 1.82) is 0 Å². The first-order valence-electron chi connectivity index (χ1n) is 2.24. The molecule has 0 heterocycles. The van der Waals surface area contributed by atoms with E-state index in [9.17, 15) is 4.39 Å². The summed E-state index contributed by atoms with van der Waals surface area (Å²) in [6.07, 6.45) is 0. The average Bonchev–Trinajstić information content (AvgIpc) is 1.77. The molecular weight excluding hydrogens is 122 g/mol. The topological polar surface area (TPSA) is 0 Å². The maximum absolute atomic E-state index is 12.2. The zero-order valence-electron chi connectivity index (χ0n) is 4.13. The quantitative estimate of drug-likeness (QED) is 0.465. The molecule has 8 heavy (non-hydrogen) atoms. The van der Waals surface area contributed by atoms with Gasteiger partial charge in [0, 0.05) is 5.30 Å². The third kappa shape index (κ3) is 1.05. The average molecular weight is 126 g/mol. The van der Waals surface area contributed by atoms with Crippen LogP contribution in [0.1, 0.15) is 0 Å². The Bertz CT molecular complexity index is 165. The SMILES string of the molecule is Fc1ccccc1[P]. The summed E-state index contributed by atoms with van der Waals surface area (Å²) < 4.78 is 12.2. The lowest BCUT2D eigenvalue weighted by Crippen LogP contribution is -1.94. The summed E-state index contributed by atoms with van der Waals surface area (Å²) in [4.78, 5) is 0. The number of benzene rings is 1. The highest BCUT2D eigenvalue weighted by Gasteiger charge is 1.90. The molecule has 0 aromatic heterocycles. The Hall–Kier alpha value is -0.420. The molecule has 40 valence electrons. The second-order valence-electron chi connectivity index (χ2n) is 1.45. The van der Waals surface area contributed by atoms with Gasteiger partial charge < -0.3 is 0 Å².